The van der Waals surface area contributed by atoms with E-state index in [0.29, 0.717) is 35.9 Å². The molecule has 0 amide bonds. The van der Waals surface area contributed by atoms with E-state index in [-0.39, 0.29) is 39.8 Å². The number of fused-ring (bicyclic) bond motifs is 5. The van der Waals surface area contributed by atoms with Crippen molar-refractivity contribution in [3.05, 3.63) is 23.3 Å². The second kappa shape index (κ2) is 8.55. The number of hydrogen-bond acceptors (Lipinski definition) is 4. The van der Waals surface area contributed by atoms with Crippen LogP contribution in [0.15, 0.2) is 23.3 Å². The largest absolute Gasteiger partial charge is 0.462 e. The predicted octanol–water partition coefficient (Wildman–Crippen LogP) is 7.07. The summed E-state index contributed by atoms with van der Waals surface area (Å²) in [5, 5.41) is 0. The summed E-state index contributed by atoms with van der Waals surface area (Å²) >= 11 is 0. The van der Waals surface area contributed by atoms with Crippen molar-refractivity contribution in [2.24, 2.45) is 45.3 Å². The molecule has 200 valence electrons. The lowest BCUT2D eigenvalue weighted by molar-refractivity contribution is -0.179. The average Bonchev–Trinajstić information content (AvgIpc) is 3.33. The van der Waals surface area contributed by atoms with Crippen LogP contribution in [0.25, 0.3) is 0 Å². The molecule has 9 unspecified atom stereocenters. The summed E-state index contributed by atoms with van der Waals surface area (Å²) in [5.41, 5.74) is 2.57. The SMILES string of the molecule is CC(=O)OC1CC2C(=CCC3C(C)(C)C(=O)CCC23C)C2(C)CCC(C3COC(C=C(C)C)C3)C12C. The highest BCUT2D eigenvalue weighted by molar-refractivity contribution is 5.85. The fourth-order valence-corrected chi connectivity index (χ4v) is 10.1. The average molecular weight is 497 g/mol. The summed E-state index contributed by atoms with van der Waals surface area (Å²) in [6.07, 6.45) is 11.8. The molecule has 0 spiro atoms. The Morgan fingerprint density at radius 3 is 2.47 bits per heavy atom. The Kier molecular flexibility index (Phi) is 6.22. The van der Waals surface area contributed by atoms with Gasteiger partial charge >= 0.3 is 5.97 Å². The van der Waals surface area contributed by atoms with Crippen molar-refractivity contribution in [1.29, 1.82) is 0 Å². The minimum absolute atomic E-state index is 0.00508. The fraction of sp³-hybridized carbons (Fsp3) is 0.812. The first kappa shape index (κ1) is 26.2. The van der Waals surface area contributed by atoms with Crippen LogP contribution in [-0.2, 0) is 19.1 Å². The van der Waals surface area contributed by atoms with Gasteiger partial charge in [0, 0.05) is 24.2 Å². The van der Waals surface area contributed by atoms with Crippen molar-refractivity contribution < 1.29 is 19.1 Å². The molecule has 1 aliphatic heterocycles. The molecule has 4 aliphatic carbocycles. The highest BCUT2D eigenvalue weighted by Gasteiger charge is 2.69. The first-order valence-corrected chi connectivity index (χ1v) is 14.4. The molecule has 0 aromatic heterocycles. The molecular formula is C32H48O4. The van der Waals surface area contributed by atoms with Crippen molar-refractivity contribution in [2.45, 2.75) is 113 Å². The number of carbonyl (C=O) groups excluding carboxylic acids is 2. The van der Waals surface area contributed by atoms with Gasteiger partial charge in [-0.25, -0.2) is 0 Å². The third-order valence-corrected chi connectivity index (χ3v) is 12.1. The van der Waals surface area contributed by atoms with Crippen LogP contribution in [0, 0.1) is 45.3 Å². The van der Waals surface area contributed by atoms with Crippen molar-refractivity contribution in [1.82, 2.24) is 0 Å². The molecule has 5 aliphatic rings. The Bertz CT molecular complexity index is 1000. The van der Waals surface area contributed by atoms with Gasteiger partial charge in [-0.1, -0.05) is 57.9 Å². The molecule has 4 fully saturated rings. The van der Waals surface area contributed by atoms with E-state index in [4.69, 9.17) is 9.47 Å². The fourth-order valence-electron chi connectivity index (χ4n) is 10.1. The molecule has 4 nitrogen and oxygen atoms in total. The third-order valence-electron chi connectivity index (χ3n) is 12.1. The van der Waals surface area contributed by atoms with E-state index in [1.807, 2.05) is 0 Å². The van der Waals surface area contributed by atoms with Crippen LogP contribution in [-0.4, -0.2) is 30.6 Å². The Hall–Kier alpha value is -1.42. The van der Waals surface area contributed by atoms with Crippen molar-refractivity contribution in [3.8, 4) is 0 Å². The summed E-state index contributed by atoms with van der Waals surface area (Å²) in [6, 6.07) is 0. The van der Waals surface area contributed by atoms with Gasteiger partial charge in [-0.05, 0) is 86.9 Å². The number of carbonyl (C=O) groups is 2. The van der Waals surface area contributed by atoms with Crippen molar-refractivity contribution in [3.63, 3.8) is 0 Å². The van der Waals surface area contributed by atoms with E-state index in [2.05, 4.69) is 60.6 Å². The molecule has 1 saturated heterocycles. The van der Waals surface area contributed by atoms with Gasteiger partial charge in [-0.2, -0.15) is 0 Å². The van der Waals surface area contributed by atoms with Crippen LogP contribution in [0.5, 0.6) is 0 Å². The summed E-state index contributed by atoms with van der Waals surface area (Å²) in [5.74, 6) is 1.92. The molecular weight excluding hydrogens is 448 g/mol. The molecule has 3 saturated carbocycles. The normalized spacial score (nSPS) is 47.3. The van der Waals surface area contributed by atoms with Crippen LogP contribution in [0.4, 0.5) is 0 Å². The first-order valence-electron chi connectivity index (χ1n) is 14.4. The summed E-state index contributed by atoms with van der Waals surface area (Å²) in [6.45, 7) is 18.4. The molecule has 9 atom stereocenters. The van der Waals surface area contributed by atoms with Crippen LogP contribution < -0.4 is 0 Å². The highest BCUT2D eigenvalue weighted by atomic mass is 16.5. The minimum atomic E-state index is -0.299. The molecule has 1 heterocycles. The predicted molar refractivity (Wildman–Crippen MR) is 142 cm³/mol. The van der Waals surface area contributed by atoms with Gasteiger partial charge in [0.25, 0.3) is 0 Å². The lowest BCUT2D eigenvalue weighted by Gasteiger charge is -2.64. The number of esters is 1. The van der Waals surface area contributed by atoms with Gasteiger partial charge in [0.1, 0.15) is 11.9 Å². The second-order valence-corrected chi connectivity index (χ2v) is 14.4. The van der Waals surface area contributed by atoms with E-state index >= 15 is 0 Å². The molecule has 5 rings (SSSR count). The molecule has 0 aromatic rings. The maximum absolute atomic E-state index is 13.0. The third kappa shape index (κ3) is 3.56. The van der Waals surface area contributed by atoms with Crippen LogP contribution in [0.1, 0.15) is 100 Å². The number of Topliss-reactive ketones (excluding diaryl/α,β-unsaturated/α-hetero) is 1. The molecule has 0 radical (unpaired) electrons. The number of rotatable bonds is 3. The first-order chi connectivity index (χ1) is 16.7. The maximum atomic E-state index is 13.0. The van der Waals surface area contributed by atoms with Crippen molar-refractivity contribution in [2.75, 3.05) is 6.61 Å². The van der Waals surface area contributed by atoms with Crippen molar-refractivity contribution >= 4 is 11.8 Å². The highest BCUT2D eigenvalue weighted by Crippen LogP contribution is 2.73. The van der Waals surface area contributed by atoms with E-state index < -0.39 is 0 Å². The maximum Gasteiger partial charge on any atom is 0.302 e. The molecule has 4 heteroatoms. The summed E-state index contributed by atoms with van der Waals surface area (Å²) in [4.78, 5) is 25.5. The Balaban J connectivity index is 1.55. The second-order valence-electron chi connectivity index (χ2n) is 14.4. The van der Waals surface area contributed by atoms with Crippen LogP contribution in [0.2, 0.25) is 0 Å². The van der Waals surface area contributed by atoms with E-state index in [0.717, 1.165) is 45.1 Å². The lowest BCUT2D eigenvalue weighted by Crippen LogP contribution is -2.61. The van der Waals surface area contributed by atoms with Gasteiger partial charge in [-0.3, -0.25) is 9.59 Å². The molecule has 36 heavy (non-hydrogen) atoms. The number of ether oxygens (including phenoxy) is 2. The standard InChI is InChI=1S/C32H48O4/c1-19(2)15-22-16-21(18-35-22)23-11-14-31(7)24-9-10-26-29(4,5)27(34)12-13-30(26,6)25(24)17-28(32(23,31)8)36-20(3)33/h9,15,21-23,25-26,28H,10-14,16-18H2,1-8H3. The zero-order chi connectivity index (χ0) is 26.3. The topological polar surface area (TPSA) is 52.6 Å². The smallest absolute Gasteiger partial charge is 0.302 e. The van der Waals surface area contributed by atoms with E-state index in [9.17, 15) is 9.59 Å². The minimum Gasteiger partial charge on any atom is -0.462 e. The van der Waals surface area contributed by atoms with Gasteiger partial charge in [0.2, 0.25) is 0 Å². The molecule has 0 bridgehead atoms. The summed E-state index contributed by atoms with van der Waals surface area (Å²) in [7, 11) is 0. The molecule has 0 aromatic carbocycles. The Labute approximate surface area is 218 Å². The monoisotopic (exact) mass is 496 g/mol. The lowest BCUT2D eigenvalue weighted by atomic mass is 9.40. The van der Waals surface area contributed by atoms with Gasteiger partial charge < -0.3 is 9.47 Å². The quantitative estimate of drug-likeness (QED) is 0.310. The number of hydrogen-bond donors (Lipinski definition) is 0. The number of ketones is 1. The van der Waals surface area contributed by atoms with Gasteiger partial charge in [0.15, 0.2) is 0 Å². The van der Waals surface area contributed by atoms with Gasteiger partial charge in [0.05, 0.1) is 12.7 Å². The Morgan fingerprint density at radius 1 is 1.08 bits per heavy atom. The molecule has 0 N–H and O–H groups in total. The summed E-state index contributed by atoms with van der Waals surface area (Å²) < 4.78 is 12.6. The zero-order valence-electron chi connectivity index (χ0n) is 23.9. The number of allylic oxidation sites excluding steroid dienone is 3. The zero-order valence-corrected chi connectivity index (χ0v) is 23.9. The van der Waals surface area contributed by atoms with E-state index in [1.54, 1.807) is 12.5 Å². The Morgan fingerprint density at radius 2 is 1.81 bits per heavy atom. The van der Waals surface area contributed by atoms with Crippen LogP contribution >= 0.6 is 0 Å². The van der Waals surface area contributed by atoms with Crippen LogP contribution in [0.3, 0.4) is 0 Å². The van der Waals surface area contributed by atoms with E-state index in [1.165, 1.54) is 5.57 Å². The van der Waals surface area contributed by atoms with Gasteiger partial charge in [-0.15, -0.1) is 0 Å².